The molecule has 1 aromatic rings. The van der Waals surface area contributed by atoms with Crippen LogP contribution in [-0.4, -0.2) is 17.2 Å². The minimum Gasteiger partial charge on any atom is -0.508 e. The molecule has 5 aliphatic rings. The maximum Gasteiger partial charge on any atom is 0.331 e. The fraction of sp³-hybridized carbons (Fsp3) is 0.769. The highest BCUT2D eigenvalue weighted by molar-refractivity contribution is 5.87. The Kier molecular flexibility index (Phi) is 7.70. The summed E-state index contributed by atoms with van der Waals surface area (Å²) in [5.41, 5.74) is 2.91. The first kappa shape index (κ1) is 30.3. The van der Waals surface area contributed by atoms with Crippen LogP contribution in [0, 0.1) is 63.1 Å². The molecule has 3 nitrogen and oxygen atoms in total. The van der Waals surface area contributed by atoms with E-state index in [2.05, 4.69) is 48.5 Å². The smallest absolute Gasteiger partial charge is 0.331 e. The predicted molar refractivity (Wildman–Crippen MR) is 172 cm³/mol. The van der Waals surface area contributed by atoms with Crippen LogP contribution in [0.4, 0.5) is 0 Å². The van der Waals surface area contributed by atoms with Crippen LogP contribution >= 0.6 is 0 Å². The van der Waals surface area contributed by atoms with Gasteiger partial charge in [0.2, 0.25) is 0 Å². The number of benzene rings is 1. The molecule has 0 amide bonds. The van der Waals surface area contributed by atoms with Crippen LogP contribution in [0.1, 0.15) is 125 Å². The Balaban J connectivity index is 1.12. The Hall–Kier alpha value is -1.77. The highest BCUT2D eigenvalue weighted by Gasteiger charge is 2.81. The summed E-state index contributed by atoms with van der Waals surface area (Å²) in [7, 11) is 0. The SMILES string of the molecule is CC(C)[C@H](C)CC[C@@H](C)[C@H]1CC[C@@]2(C)[C@@H]3CC[C@H]4[C@H](C)[C@@H](OC(=O)C=Cc5ccc(O)cc5)CC[C@@]45C[C@@]35CC[C@]12C. The Labute approximate surface area is 256 Å². The summed E-state index contributed by atoms with van der Waals surface area (Å²) in [6.45, 7) is 17.7. The Morgan fingerprint density at radius 2 is 1.67 bits per heavy atom. The largest absolute Gasteiger partial charge is 0.508 e. The lowest BCUT2D eigenvalue weighted by Crippen LogP contribution is -2.56. The van der Waals surface area contributed by atoms with Crippen molar-refractivity contribution < 1.29 is 14.6 Å². The number of fused-ring (bicyclic) bond motifs is 2. The fourth-order valence-electron chi connectivity index (χ4n) is 12.1. The molecule has 1 aromatic carbocycles. The quantitative estimate of drug-likeness (QED) is 0.248. The molecule has 5 aliphatic carbocycles. The zero-order valence-corrected chi connectivity index (χ0v) is 27.6. The van der Waals surface area contributed by atoms with Gasteiger partial charge in [-0.25, -0.2) is 4.79 Å². The van der Waals surface area contributed by atoms with E-state index in [1.807, 2.05) is 12.1 Å². The van der Waals surface area contributed by atoms with Crippen LogP contribution in [0.15, 0.2) is 30.3 Å². The molecule has 0 aromatic heterocycles. The van der Waals surface area contributed by atoms with Gasteiger partial charge in [0.1, 0.15) is 11.9 Å². The standard InChI is InChI=1S/C39H58O3/c1-25(2)26(3)8-9-27(4)31-18-20-37(7)34-16-15-32-28(5)33(42-35(41)17-12-29-10-13-30(40)14-11-29)19-21-38(32)24-39(34,38)23-22-36(31,37)6/h10-14,17,25-28,31-34,40H,8-9,15-16,18-24H2,1-7H3/t26-,27-,28+,31-,32+,33+,34+,36-,37+,38-,39+/m1/s1. The summed E-state index contributed by atoms with van der Waals surface area (Å²) in [6.07, 6.45) is 18.3. The first-order valence-corrected chi connectivity index (χ1v) is 17.5. The van der Waals surface area contributed by atoms with E-state index >= 15 is 0 Å². The molecule has 0 bridgehead atoms. The van der Waals surface area contributed by atoms with Gasteiger partial charge in [-0.1, -0.05) is 73.4 Å². The Morgan fingerprint density at radius 1 is 0.929 bits per heavy atom. The number of hydrogen-bond donors (Lipinski definition) is 1. The average Bonchev–Trinajstić information content (AvgIpc) is 3.54. The van der Waals surface area contributed by atoms with Crippen LogP contribution in [0.5, 0.6) is 5.75 Å². The van der Waals surface area contributed by atoms with Crippen LogP contribution in [0.3, 0.4) is 0 Å². The van der Waals surface area contributed by atoms with Crippen molar-refractivity contribution in [2.45, 2.75) is 125 Å². The van der Waals surface area contributed by atoms with Gasteiger partial charge < -0.3 is 9.84 Å². The minimum absolute atomic E-state index is 0.0289. The van der Waals surface area contributed by atoms with E-state index < -0.39 is 0 Å². The van der Waals surface area contributed by atoms with Gasteiger partial charge in [0.05, 0.1) is 0 Å². The second-order valence-corrected chi connectivity index (χ2v) is 16.8. The lowest BCUT2D eigenvalue weighted by atomic mass is 9.43. The average molecular weight is 575 g/mol. The molecule has 0 aliphatic heterocycles. The third-order valence-electron chi connectivity index (χ3n) is 15.2. The summed E-state index contributed by atoms with van der Waals surface area (Å²) < 4.78 is 6.12. The molecule has 0 heterocycles. The van der Waals surface area contributed by atoms with Crippen LogP contribution < -0.4 is 0 Å². The summed E-state index contributed by atoms with van der Waals surface area (Å²) in [5.74, 6) is 5.36. The van der Waals surface area contributed by atoms with Gasteiger partial charge in [0, 0.05) is 6.08 Å². The molecule has 5 saturated carbocycles. The molecule has 5 fully saturated rings. The zero-order chi connectivity index (χ0) is 30.1. The number of esters is 1. The fourth-order valence-corrected chi connectivity index (χ4v) is 12.1. The van der Waals surface area contributed by atoms with Crippen LogP contribution in [0.2, 0.25) is 0 Å². The Bertz CT molecular complexity index is 1180. The lowest BCUT2D eigenvalue weighted by molar-refractivity contribution is -0.162. The maximum atomic E-state index is 12.8. The molecular formula is C39H58O3. The zero-order valence-electron chi connectivity index (χ0n) is 27.6. The third kappa shape index (κ3) is 4.52. The molecule has 0 saturated heterocycles. The van der Waals surface area contributed by atoms with Gasteiger partial charge in [-0.05, 0) is 145 Å². The topological polar surface area (TPSA) is 46.5 Å². The van der Waals surface area contributed by atoms with Gasteiger partial charge in [0.15, 0.2) is 0 Å². The van der Waals surface area contributed by atoms with Crippen molar-refractivity contribution in [2.24, 2.45) is 63.1 Å². The third-order valence-corrected chi connectivity index (χ3v) is 15.2. The molecule has 11 atom stereocenters. The van der Waals surface area contributed by atoms with Gasteiger partial charge in [-0.3, -0.25) is 0 Å². The lowest BCUT2D eigenvalue weighted by Gasteiger charge is -2.62. The number of phenolic OH excluding ortho intramolecular Hbond substituents is 1. The molecule has 3 heteroatoms. The van der Waals surface area contributed by atoms with Gasteiger partial charge in [-0.2, -0.15) is 0 Å². The van der Waals surface area contributed by atoms with E-state index in [9.17, 15) is 9.90 Å². The highest BCUT2D eigenvalue weighted by atomic mass is 16.5. The van der Waals surface area contributed by atoms with E-state index in [0.717, 1.165) is 41.6 Å². The van der Waals surface area contributed by atoms with E-state index in [0.29, 0.717) is 33.5 Å². The minimum atomic E-state index is -0.232. The van der Waals surface area contributed by atoms with Crippen molar-refractivity contribution in [3.05, 3.63) is 35.9 Å². The predicted octanol–water partition coefficient (Wildman–Crippen LogP) is 10.1. The molecule has 0 radical (unpaired) electrons. The molecule has 42 heavy (non-hydrogen) atoms. The van der Waals surface area contributed by atoms with Crippen molar-refractivity contribution in [3.63, 3.8) is 0 Å². The van der Waals surface area contributed by atoms with Crippen molar-refractivity contribution in [3.8, 4) is 5.75 Å². The highest BCUT2D eigenvalue weighted by Crippen LogP contribution is 2.88. The van der Waals surface area contributed by atoms with E-state index in [-0.39, 0.29) is 17.8 Å². The molecule has 0 unspecified atom stereocenters. The van der Waals surface area contributed by atoms with Crippen LogP contribution in [-0.2, 0) is 9.53 Å². The molecule has 2 spiro atoms. The van der Waals surface area contributed by atoms with Crippen molar-refractivity contribution in [1.82, 2.24) is 0 Å². The normalized spacial score (nSPS) is 43.7. The molecule has 232 valence electrons. The first-order valence-electron chi connectivity index (χ1n) is 17.5. The Morgan fingerprint density at radius 3 is 2.38 bits per heavy atom. The number of phenols is 1. The number of hydrogen-bond acceptors (Lipinski definition) is 3. The van der Waals surface area contributed by atoms with Crippen LogP contribution in [0.25, 0.3) is 6.08 Å². The summed E-state index contributed by atoms with van der Waals surface area (Å²) >= 11 is 0. The second-order valence-electron chi connectivity index (χ2n) is 16.8. The van der Waals surface area contributed by atoms with Crippen molar-refractivity contribution in [2.75, 3.05) is 0 Å². The maximum absolute atomic E-state index is 12.8. The number of carbonyl (C=O) groups excluding carboxylic acids is 1. The summed E-state index contributed by atoms with van der Waals surface area (Å²) in [4.78, 5) is 12.8. The first-order chi connectivity index (χ1) is 19.9. The molecule has 1 N–H and O–H groups in total. The van der Waals surface area contributed by atoms with E-state index in [1.165, 1.54) is 64.2 Å². The number of aromatic hydroxyl groups is 1. The number of carbonyl (C=O) groups is 1. The van der Waals surface area contributed by atoms with Gasteiger partial charge >= 0.3 is 5.97 Å². The number of ether oxygens (including phenoxy) is 1. The monoisotopic (exact) mass is 574 g/mol. The van der Waals surface area contributed by atoms with E-state index in [4.69, 9.17) is 4.74 Å². The molecular weight excluding hydrogens is 516 g/mol. The van der Waals surface area contributed by atoms with E-state index in [1.54, 1.807) is 24.3 Å². The summed E-state index contributed by atoms with van der Waals surface area (Å²) in [5, 5.41) is 9.51. The molecule has 6 rings (SSSR count). The van der Waals surface area contributed by atoms with Crippen molar-refractivity contribution in [1.29, 1.82) is 0 Å². The van der Waals surface area contributed by atoms with Gasteiger partial charge in [-0.15, -0.1) is 0 Å². The second kappa shape index (κ2) is 10.7. The summed E-state index contributed by atoms with van der Waals surface area (Å²) in [6, 6.07) is 6.91. The van der Waals surface area contributed by atoms with Gasteiger partial charge in [0.25, 0.3) is 0 Å². The van der Waals surface area contributed by atoms with Crippen molar-refractivity contribution >= 4 is 12.0 Å². The number of rotatable bonds is 8.